The number of rotatable bonds is 3. The highest BCUT2D eigenvalue weighted by Crippen LogP contribution is 2.26. The predicted octanol–water partition coefficient (Wildman–Crippen LogP) is 4.13. The van der Waals surface area contributed by atoms with Gasteiger partial charge in [0, 0.05) is 0 Å². The molecule has 1 aromatic carbocycles. The first-order valence-corrected chi connectivity index (χ1v) is 6.02. The van der Waals surface area contributed by atoms with Crippen LogP contribution in [0, 0.1) is 0 Å². The van der Waals surface area contributed by atoms with Gasteiger partial charge in [0.15, 0.2) is 0 Å². The molecule has 0 bridgehead atoms. The predicted molar refractivity (Wildman–Crippen MR) is 63.4 cm³/mol. The minimum Gasteiger partial charge on any atom is -0.490 e. The molecule has 0 saturated heterocycles. The van der Waals surface area contributed by atoms with Crippen molar-refractivity contribution in [2.75, 3.05) is 0 Å². The first-order chi connectivity index (χ1) is 7.25. The third kappa shape index (κ3) is 2.74. The number of hydrogen-bond acceptors (Lipinski definition) is 1. The Morgan fingerprint density at radius 1 is 1.20 bits per heavy atom. The van der Waals surface area contributed by atoms with Crippen molar-refractivity contribution in [2.24, 2.45) is 0 Å². The summed E-state index contributed by atoms with van der Waals surface area (Å²) in [6.45, 7) is 4.43. The summed E-state index contributed by atoms with van der Waals surface area (Å²) in [6, 6.07) is 8.53. The molecule has 0 unspecified atom stereocenters. The second kappa shape index (κ2) is 4.69. The molecule has 0 N–H and O–H groups in total. The van der Waals surface area contributed by atoms with Crippen molar-refractivity contribution in [3.8, 4) is 5.75 Å². The van der Waals surface area contributed by atoms with Gasteiger partial charge in [-0.2, -0.15) is 0 Å². The molecule has 82 valence electrons. The van der Waals surface area contributed by atoms with Gasteiger partial charge in [-0.05, 0) is 49.3 Å². The lowest BCUT2D eigenvalue weighted by atomic mass is 10.0. The van der Waals surface area contributed by atoms with Crippen LogP contribution >= 0.6 is 0 Å². The maximum atomic E-state index is 5.97. The number of ether oxygens (including phenoxy) is 1. The van der Waals surface area contributed by atoms with E-state index < -0.39 is 0 Å². The molecular formula is C14H20O. The molecule has 0 radical (unpaired) electrons. The Bertz CT molecular complexity index is 311. The molecule has 0 amide bonds. The third-order valence-corrected chi connectivity index (χ3v) is 3.13. The summed E-state index contributed by atoms with van der Waals surface area (Å²) in [6.07, 6.45) is 5.58. The Morgan fingerprint density at radius 3 is 2.60 bits per heavy atom. The molecule has 1 fully saturated rings. The maximum absolute atomic E-state index is 5.97. The summed E-state index contributed by atoms with van der Waals surface area (Å²) in [5, 5.41) is 0. The van der Waals surface area contributed by atoms with Crippen LogP contribution in [0.15, 0.2) is 24.3 Å². The first-order valence-electron chi connectivity index (χ1n) is 6.02. The van der Waals surface area contributed by atoms with Crippen molar-refractivity contribution in [1.29, 1.82) is 0 Å². The zero-order valence-electron chi connectivity index (χ0n) is 9.70. The van der Waals surface area contributed by atoms with Crippen molar-refractivity contribution < 1.29 is 4.74 Å². The highest BCUT2D eigenvalue weighted by atomic mass is 16.5. The topological polar surface area (TPSA) is 9.23 Å². The summed E-state index contributed by atoms with van der Waals surface area (Å²) in [5.74, 6) is 1.63. The van der Waals surface area contributed by atoms with E-state index in [0.717, 1.165) is 5.75 Å². The highest BCUT2D eigenvalue weighted by molar-refractivity contribution is 5.30. The van der Waals surface area contributed by atoms with E-state index in [9.17, 15) is 0 Å². The van der Waals surface area contributed by atoms with Crippen molar-refractivity contribution in [3.63, 3.8) is 0 Å². The molecule has 1 nitrogen and oxygen atoms in total. The zero-order chi connectivity index (χ0) is 10.7. The van der Waals surface area contributed by atoms with Crippen LogP contribution in [0.3, 0.4) is 0 Å². The van der Waals surface area contributed by atoms with Crippen molar-refractivity contribution in [3.05, 3.63) is 29.8 Å². The molecule has 1 aliphatic rings. The molecule has 0 heterocycles. The maximum Gasteiger partial charge on any atom is 0.119 e. The highest BCUT2D eigenvalue weighted by Gasteiger charge is 2.16. The molecule has 0 aliphatic heterocycles. The smallest absolute Gasteiger partial charge is 0.119 e. The Hall–Kier alpha value is -0.980. The van der Waals surface area contributed by atoms with Crippen LogP contribution in [0.1, 0.15) is 51.0 Å². The Balaban J connectivity index is 2.04. The van der Waals surface area contributed by atoms with Gasteiger partial charge in [-0.25, -0.2) is 0 Å². The first kappa shape index (κ1) is 10.5. The van der Waals surface area contributed by atoms with E-state index in [0.29, 0.717) is 12.0 Å². The van der Waals surface area contributed by atoms with E-state index in [1.54, 1.807) is 0 Å². The lowest BCUT2D eigenvalue weighted by Crippen LogP contribution is -2.10. The van der Waals surface area contributed by atoms with Gasteiger partial charge in [-0.3, -0.25) is 0 Å². The molecule has 0 spiro atoms. The van der Waals surface area contributed by atoms with Crippen LogP contribution in [0.4, 0.5) is 0 Å². The van der Waals surface area contributed by atoms with Crippen LogP contribution in [0.2, 0.25) is 0 Å². The standard InChI is InChI=1S/C14H20O/c1-11(2)12-6-5-9-14(10-12)15-13-7-3-4-8-13/h5-6,9-11,13H,3-4,7-8H2,1-2H3. The molecule has 1 aromatic rings. The SMILES string of the molecule is CC(C)c1cccc(OC2CCCC2)c1. The Kier molecular flexibility index (Phi) is 3.30. The average Bonchev–Trinajstić information content (AvgIpc) is 2.71. The van der Waals surface area contributed by atoms with Gasteiger partial charge in [-0.1, -0.05) is 26.0 Å². The Morgan fingerprint density at radius 2 is 1.93 bits per heavy atom. The minimum atomic E-state index is 0.465. The van der Waals surface area contributed by atoms with Crippen molar-refractivity contribution in [1.82, 2.24) is 0 Å². The van der Waals surface area contributed by atoms with Crippen molar-refractivity contribution in [2.45, 2.75) is 51.6 Å². The van der Waals surface area contributed by atoms with Gasteiger partial charge < -0.3 is 4.74 Å². The largest absolute Gasteiger partial charge is 0.490 e. The third-order valence-electron chi connectivity index (χ3n) is 3.13. The van der Waals surface area contributed by atoms with Gasteiger partial charge >= 0.3 is 0 Å². The molecule has 1 heteroatoms. The molecular weight excluding hydrogens is 184 g/mol. The van der Waals surface area contributed by atoms with Crippen LogP contribution in [0.5, 0.6) is 5.75 Å². The second-order valence-corrected chi connectivity index (χ2v) is 4.75. The lowest BCUT2D eigenvalue weighted by Gasteiger charge is -2.14. The van der Waals surface area contributed by atoms with Gasteiger partial charge in [0.1, 0.15) is 5.75 Å². The number of benzene rings is 1. The average molecular weight is 204 g/mol. The van der Waals surface area contributed by atoms with E-state index in [1.807, 2.05) is 0 Å². The monoisotopic (exact) mass is 204 g/mol. The van der Waals surface area contributed by atoms with Gasteiger partial charge in [0.2, 0.25) is 0 Å². The van der Waals surface area contributed by atoms with E-state index in [1.165, 1.54) is 31.2 Å². The van der Waals surface area contributed by atoms with E-state index >= 15 is 0 Å². The summed E-state index contributed by atoms with van der Waals surface area (Å²) >= 11 is 0. The zero-order valence-corrected chi connectivity index (χ0v) is 9.70. The lowest BCUT2D eigenvalue weighted by molar-refractivity contribution is 0.210. The van der Waals surface area contributed by atoms with Gasteiger partial charge in [-0.15, -0.1) is 0 Å². The molecule has 15 heavy (non-hydrogen) atoms. The fraction of sp³-hybridized carbons (Fsp3) is 0.571. The van der Waals surface area contributed by atoms with Gasteiger partial charge in [0.05, 0.1) is 6.10 Å². The fourth-order valence-electron chi connectivity index (χ4n) is 2.15. The summed E-state index contributed by atoms with van der Waals surface area (Å²) < 4.78 is 5.97. The summed E-state index contributed by atoms with van der Waals surface area (Å²) in [4.78, 5) is 0. The van der Waals surface area contributed by atoms with E-state index in [4.69, 9.17) is 4.74 Å². The molecule has 0 aromatic heterocycles. The van der Waals surface area contributed by atoms with Gasteiger partial charge in [0.25, 0.3) is 0 Å². The quantitative estimate of drug-likeness (QED) is 0.719. The second-order valence-electron chi connectivity index (χ2n) is 4.75. The van der Waals surface area contributed by atoms with Crippen LogP contribution < -0.4 is 4.74 Å². The Labute approximate surface area is 92.5 Å². The van der Waals surface area contributed by atoms with Crippen LogP contribution in [-0.2, 0) is 0 Å². The normalized spacial score (nSPS) is 17.3. The van der Waals surface area contributed by atoms with Crippen LogP contribution in [0.25, 0.3) is 0 Å². The minimum absolute atomic E-state index is 0.465. The van der Waals surface area contributed by atoms with E-state index in [2.05, 4.69) is 38.1 Å². The summed E-state index contributed by atoms with van der Waals surface area (Å²) in [5.41, 5.74) is 1.37. The van der Waals surface area contributed by atoms with Crippen LogP contribution in [-0.4, -0.2) is 6.10 Å². The number of hydrogen-bond donors (Lipinski definition) is 0. The summed E-state index contributed by atoms with van der Waals surface area (Å²) in [7, 11) is 0. The fourth-order valence-corrected chi connectivity index (χ4v) is 2.15. The van der Waals surface area contributed by atoms with Crippen molar-refractivity contribution >= 4 is 0 Å². The molecule has 1 aliphatic carbocycles. The van der Waals surface area contributed by atoms with E-state index in [-0.39, 0.29) is 0 Å². The molecule has 2 rings (SSSR count). The molecule has 1 saturated carbocycles. The molecule has 0 atom stereocenters.